The molecule has 0 aliphatic carbocycles. The average molecular weight is 373 g/mol. The smallest absolute Gasteiger partial charge is 0.305 e. The van der Waals surface area contributed by atoms with Gasteiger partial charge in [0.1, 0.15) is 13.2 Å². The van der Waals surface area contributed by atoms with Crippen molar-refractivity contribution in [3.63, 3.8) is 0 Å². The lowest BCUT2D eigenvalue weighted by Gasteiger charge is -2.23. The third-order valence-electron chi connectivity index (χ3n) is 2.30. The zero-order valence-electron chi connectivity index (χ0n) is 11.4. The number of carboxylic acid groups (broad SMARTS) is 1. The number of unbranched alkanes of at least 4 members (excludes halogenated alkanes) is 2. The molecule has 0 amide bonds. The lowest BCUT2D eigenvalue weighted by Crippen LogP contribution is -3.00. The fraction of sp³-hybridized carbons (Fsp3) is 0.833. The zero-order chi connectivity index (χ0) is 13.3. The Morgan fingerprint density at radius 1 is 1.06 bits per heavy atom. The molecule has 1 N–H and O–H groups in total. The van der Waals surface area contributed by atoms with E-state index in [1.165, 1.54) is 0 Å². The van der Waals surface area contributed by atoms with E-state index in [9.17, 15) is 9.59 Å². The standard InChI is InChI=1S/C12H23NO4.HI/c1-13(2,3)9-10-17-12(16)8-6-4-5-7-11(14)15;/h4-10H2,1-3H3;1H. The molecule has 0 aliphatic rings. The molecule has 0 bridgehead atoms. The number of ether oxygens (including phenoxy) is 1. The van der Waals surface area contributed by atoms with Gasteiger partial charge in [-0.05, 0) is 12.8 Å². The van der Waals surface area contributed by atoms with Crippen LogP contribution in [0.2, 0.25) is 0 Å². The van der Waals surface area contributed by atoms with Crippen LogP contribution in [0.1, 0.15) is 32.1 Å². The Labute approximate surface area is 126 Å². The molecule has 0 saturated carbocycles. The summed E-state index contributed by atoms with van der Waals surface area (Å²) in [5.41, 5.74) is 0. The maximum Gasteiger partial charge on any atom is 0.305 e. The van der Waals surface area contributed by atoms with Gasteiger partial charge in [-0.15, -0.1) is 0 Å². The molecule has 0 unspecified atom stereocenters. The second-order valence-corrected chi connectivity index (χ2v) is 5.19. The van der Waals surface area contributed by atoms with Gasteiger partial charge in [-0.25, -0.2) is 0 Å². The fourth-order valence-electron chi connectivity index (χ4n) is 1.23. The van der Waals surface area contributed by atoms with Crippen molar-refractivity contribution < 1.29 is 47.9 Å². The first kappa shape index (κ1) is 20.0. The summed E-state index contributed by atoms with van der Waals surface area (Å²) in [4.78, 5) is 21.5. The van der Waals surface area contributed by atoms with Gasteiger partial charge in [-0.3, -0.25) is 9.59 Å². The van der Waals surface area contributed by atoms with E-state index in [4.69, 9.17) is 9.84 Å². The number of quaternary nitrogens is 1. The van der Waals surface area contributed by atoms with E-state index >= 15 is 0 Å². The fourth-order valence-corrected chi connectivity index (χ4v) is 1.23. The molecule has 6 heteroatoms. The minimum absolute atomic E-state index is 0. The summed E-state index contributed by atoms with van der Waals surface area (Å²) in [6, 6.07) is 0. The van der Waals surface area contributed by atoms with Crippen LogP contribution in [-0.2, 0) is 14.3 Å². The highest BCUT2D eigenvalue weighted by molar-refractivity contribution is 5.69. The van der Waals surface area contributed by atoms with E-state index in [2.05, 4.69) is 0 Å². The summed E-state index contributed by atoms with van der Waals surface area (Å²) >= 11 is 0. The number of halogens is 1. The first-order valence-electron chi connectivity index (χ1n) is 5.99. The minimum atomic E-state index is -0.782. The van der Waals surface area contributed by atoms with Crippen molar-refractivity contribution in [3.05, 3.63) is 0 Å². The van der Waals surface area contributed by atoms with Gasteiger partial charge in [0.25, 0.3) is 0 Å². The van der Waals surface area contributed by atoms with Crippen molar-refractivity contribution in [2.45, 2.75) is 32.1 Å². The van der Waals surface area contributed by atoms with Crippen LogP contribution in [0, 0.1) is 0 Å². The van der Waals surface area contributed by atoms with E-state index < -0.39 is 5.97 Å². The SMILES string of the molecule is C[N+](C)(C)CCOC(=O)CCCCCC(=O)O.[I-]. The van der Waals surface area contributed by atoms with Crippen molar-refractivity contribution in [2.24, 2.45) is 0 Å². The van der Waals surface area contributed by atoms with Gasteiger partial charge in [-0.2, -0.15) is 0 Å². The zero-order valence-corrected chi connectivity index (χ0v) is 13.6. The monoisotopic (exact) mass is 373 g/mol. The number of hydrogen-bond acceptors (Lipinski definition) is 3. The minimum Gasteiger partial charge on any atom is -1.00 e. The van der Waals surface area contributed by atoms with Gasteiger partial charge >= 0.3 is 11.9 Å². The number of hydrogen-bond donors (Lipinski definition) is 1. The lowest BCUT2D eigenvalue weighted by atomic mass is 10.1. The van der Waals surface area contributed by atoms with Crippen molar-refractivity contribution >= 4 is 11.9 Å². The number of rotatable bonds is 9. The Morgan fingerprint density at radius 2 is 1.61 bits per heavy atom. The van der Waals surface area contributed by atoms with Crippen LogP contribution in [0.4, 0.5) is 0 Å². The number of carboxylic acids is 1. The van der Waals surface area contributed by atoms with Crippen LogP contribution in [0.15, 0.2) is 0 Å². The summed E-state index contributed by atoms with van der Waals surface area (Å²) < 4.78 is 5.84. The molecular weight excluding hydrogens is 349 g/mol. The number of carbonyl (C=O) groups excluding carboxylic acids is 1. The van der Waals surface area contributed by atoms with Gasteiger partial charge in [0.2, 0.25) is 0 Å². The number of esters is 1. The van der Waals surface area contributed by atoms with Gasteiger partial charge in [0.15, 0.2) is 0 Å². The first-order valence-corrected chi connectivity index (χ1v) is 5.99. The first-order chi connectivity index (χ1) is 7.81. The molecule has 0 aromatic heterocycles. The lowest BCUT2D eigenvalue weighted by molar-refractivity contribution is -0.870. The third kappa shape index (κ3) is 15.6. The van der Waals surface area contributed by atoms with E-state index in [1.807, 2.05) is 21.1 Å². The van der Waals surface area contributed by atoms with Gasteiger partial charge in [0.05, 0.1) is 21.1 Å². The topological polar surface area (TPSA) is 63.6 Å². The maximum atomic E-state index is 11.3. The summed E-state index contributed by atoms with van der Waals surface area (Å²) in [6.45, 7) is 1.24. The third-order valence-corrected chi connectivity index (χ3v) is 2.30. The Morgan fingerprint density at radius 3 is 2.11 bits per heavy atom. The molecule has 0 heterocycles. The van der Waals surface area contributed by atoms with Crippen LogP contribution in [0.25, 0.3) is 0 Å². The van der Waals surface area contributed by atoms with Crippen LogP contribution >= 0.6 is 0 Å². The summed E-state index contributed by atoms with van der Waals surface area (Å²) in [7, 11) is 6.12. The normalized spacial score (nSPS) is 10.6. The van der Waals surface area contributed by atoms with Crippen molar-refractivity contribution in [3.8, 4) is 0 Å². The highest BCUT2D eigenvalue weighted by atomic mass is 127. The number of likely N-dealkylation sites (N-methyl/N-ethyl adjacent to an activating group) is 1. The van der Waals surface area contributed by atoms with E-state index in [1.54, 1.807) is 0 Å². The highest BCUT2D eigenvalue weighted by Crippen LogP contribution is 2.04. The van der Waals surface area contributed by atoms with E-state index in [-0.39, 0.29) is 36.4 Å². The maximum absolute atomic E-state index is 11.3. The number of nitrogens with zero attached hydrogens (tertiary/aromatic N) is 1. The van der Waals surface area contributed by atoms with Crippen molar-refractivity contribution in [1.29, 1.82) is 0 Å². The van der Waals surface area contributed by atoms with E-state index in [0.717, 1.165) is 17.4 Å². The molecule has 0 radical (unpaired) electrons. The quantitative estimate of drug-likeness (QED) is 0.226. The molecule has 5 nitrogen and oxygen atoms in total. The molecule has 0 atom stereocenters. The Kier molecular flexibility index (Phi) is 11.7. The number of aliphatic carboxylic acids is 1. The van der Waals surface area contributed by atoms with E-state index in [0.29, 0.717) is 25.9 Å². The summed E-state index contributed by atoms with van der Waals surface area (Å²) in [5, 5.41) is 8.42. The molecule has 0 aromatic rings. The highest BCUT2D eigenvalue weighted by Gasteiger charge is 2.09. The number of carbonyl (C=O) groups is 2. The molecule has 18 heavy (non-hydrogen) atoms. The second-order valence-electron chi connectivity index (χ2n) is 5.19. The van der Waals surface area contributed by atoms with Crippen LogP contribution in [0.3, 0.4) is 0 Å². The molecule has 0 aliphatic heterocycles. The molecule has 0 fully saturated rings. The van der Waals surface area contributed by atoms with Crippen LogP contribution in [-0.4, -0.2) is 55.8 Å². The Bertz CT molecular complexity index is 251. The molecular formula is C12H24INO4. The van der Waals surface area contributed by atoms with Crippen molar-refractivity contribution in [2.75, 3.05) is 34.3 Å². The summed E-state index contributed by atoms with van der Waals surface area (Å²) in [5.74, 6) is -0.968. The largest absolute Gasteiger partial charge is 1.00 e. The second kappa shape index (κ2) is 10.5. The Hall–Kier alpha value is -0.370. The molecule has 108 valence electrons. The molecule has 0 rings (SSSR count). The van der Waals surface area contributed by atoms with Crippen LogP contribution < -0.4 is 24.0 Å². The molecule has 0 saturated heterocycles. The predicted octanol–water partition coefficient (Wildman–Crippen LogP) is -1.73. The van der Waals surface area contributed by atoms with Gasteiger partial charge in [0, 0.05) is 12.8 Å². The molecule has 0 aromatic carbocycles. The molecule has 0 spiro atoms. The average Bonchev–Trinajstić information content (AvgIpc) is 2.14. The van der Waals surface area contributed by atoms with Crippen LogP contribution in [0.5, 0.6) is 0 Å². The predicted molar refractivity (Wildman–Crippen MR) is 64.6 cm³/mol. The summed E-state index contributed by atoms with van der Waals surface area (Å²) in [6.07, 6.45) is 2.65. The Balaban J connectivity index is 0. The van der Waals surface area contributed by atoms with Gasteiger partial charge < -0.3 is 38.3 Å². The van der Waals surface area contributed by atoms with Crippen molar-refractivity contribution in [1.82, 2.24) is 0 Å². The van der Waals surface area contributed by atoms with Gasteiger partial charge in [-0.1, -0.05) is 6.42 Å².